The van der Waals surface area contributed by atoms with Crippen molar-refractivity contribution in [1.82, 2.24) is 0 Å². The quantitative estimate of drug-likeness (QED) is 0.189. The van der Waals surface area contributed by atoms with Crippen LogP contribution in [0.25, 0.3) is 0 Å². The normalized spacial score (nSPS) is 15.8. The Labute approximate surface area is 242 Å². The van der Waals surface area contributed by atoms with Gasteiger partial charge in [-0.2, -0.15) is 0 Å². The number of carbonyl (C=O) groups excluding carboxylic acids is 1. The zero-order valence-corrected chi connectivity index (χ0v) is 23.0. The van der Waals surface area contributed by atoms with Crippen molar-refractivity contribution in [3.8, 4) is 0 Å². The molecule has 1 heterocycles. The lowest BCUT2D eigenvalue weighted by atomic mass is 9.91. The van der Waals surface area contributed by atoms with Crippen LogP contribution >= 0.6 is 35.2 Å². The Morgan fingerprint density at radius 3 is 1.72 bits per heavy atom. The van der Waals surface area contributed by atoms with Gasteiger partial charge >= 0.3 is 0 Å². The number of carbonyl (C=O) groups is 1. The molecule has 3 N–H and O–H groups in total. The predicted octanol–water partition coefficient (Wildman–Crippen LogP) is 6.81. The number of nitrogens with one attached hydrogen (secondary N) is 1. The molecule has 200 valence electrons. The molecule has 0 aliphatic carbocycles. The summed E-state index contributed by atoms with van der Waals surface area (Å²) in [6.07, 6.45) is 0. The molecular weight excluding hydrogens is 557 g/mol. The highest BCUT2D eigenvalue weighted by Crippen LogP contribution is 2.48. The van der Waals surface area contributed by atoms with Crippen LogP contribution in [-0.2, 0) is 4.79 Å². The summed E-state index contributed by atoms with van der Waals surface area (Å²) in [5, 5.41) is 24.2. The fourth-order valence-corrected chi connectivity index (χ4v) is 5.66. The van der Waals surface area contributed by atoms with E-state index in [-0.39, 0.29) is 19.1 Å². The lowest BCUT2D eigenvalue weighted by Crippen LogP contribution is -2.27. The van der Waals surface area contributed by atoms with Gasteiger partial charge in [0, 0.05) is 34.3 Å². The monoisotopic (exact) mass is 581 g/mol. The Bertz CT molecular complexity index is 1440. The summed E-state index contributed by atoms with van der Waals surface area (Å²) in [5.41, 5.74) is 4.59. The van der Waals surface area contributed by atoms with Crippen LogP contribution in [0, 0.1) is 0 Å². The van der Waals surface area contributed by atoms with Crippen molar-refractivity contribution in [3.05, 3.63) is 124 Å². The molecule has 5 rings (SSSR count). The molecule has 1 aliphatic rings. The molecule has 1 aliphatic heterocycles. The van der Waals surface area contributed by atoms with Gasteiger partial charge in [0.2, 0.25) is 5.91 Å². The highest BCUT2D eigenvalue weighted by Gasteiger charge is 2.36. The first kappa shape index (κ1) is 27.3. The molecule has 4 aromatic rings. The first-order valence-corrected chi connectivity index (χ1v) is 13.4. The molecule has 0 bridgehead atoms. The Kier molecular flexibility index (Phi) is 8.31. The van der Waals surface area contributed by atoms with Gasteiger partial charge in [-0.05, 0) is 46.5 Å². The molecule has 0 aromatic heterocycles. The summed E-state index contributed by atoms with van der Waals surface area (Å²) in [7, 11) is 0. The van der Waals surface area contributed by atoms with Crippen LogP contribution in [0.1, 0.15) is 40.3 Å². The summed E-state index contributed by atoms with van der Waals surface area (Å²) < 4.78 is 2.85. The summed E-state index contributed by atoms with van der Waals surface area (Å²) in [6, 6.07) is 28.2. The topological polar surface area (TPSA) is 76.0 Å². The van der Waals surface area contributed by atoms with Gasteiger partial charge < -0.3 is 15.5 Å². The number of nitrogens with zero attached hydrogens (tertiary/aromatic N) is 2. The largest absolute Gasteiger partial charge is 0.394 e. The maximum Gasteiger partial charge on any atom is 0.236 e. The van der Waals surface area contributed by atoms with E-state index in [4.69, 9.17) is 35.2 Å². The van der Waals surface area contributed by atoms with E-state index in [0.717, 1.165) is 16.7 Å². The molecule has 1 unspecified atom stereocenters. The molecule has 0 fully saturated rings. The number of hydrogen-bond acceptors (Lipinski definition) is 5. The number of rotatable bonds is 9. The van der Waals surface area contributed by atoms with Gasteiger partial charge in [0.15, 0.2) is 0 Å². The van der Waals surface area contributed by atoms with Crippen LogP contribution < -0.4 is 14.2 Å². The second-order valence-corrected chi connectivity index (χ2v) is 10.4. The van der Waals surface area contributed by atoms with E-state index in [1.54, 1.807) is 18.2 Å². The summed E-state index contributed by atoms with van der Waals surface area (Å²) in [5.74, 6) is -0.785. The van der Waals surface area contributed by atoms with Crippen molar-refractivity contribution < 1.29 is 15.0 Å². The van der Waals surface area contributed by atoms with Crippen LogP contribution in [0.4, 0.5) is 17.1 Å². The lowest BCUT2D eigenvalue weighted by Gasteiger charge is -2.33. The van der Waals surface area contributed by atoms with E-state index in [1.807, 2.05) is 78.9 Å². The molecule has 0 saturated heterocycles. The van der Waals surface area contributed by atoms with Gasteiger partial charge in [0.25, 0.3) is 0 Å². The van der Waals surface area contributed by atoms with Crippen molar-refractivity contribution in [3.63, 3.8) is 0 Å². The van der Waals surface area contributed by atoms with Crippen LogP contribution in [0.3, 0.4) is 0 Å². The maximum atomic E-state index is 13.2. The molecule has 3 atom stereocenters. The number of benzene rings is 4. The van der Waals surface area contributed by atoms with Crippen molar-refractivity contribution >= 4 is 58.1 Å². The number of aliphatic hydroxyl groups is 2. The summed E-state index contributed by atoms with van der Waals surface area (Å²) in [4.78, 5) is 13.2. The molecule has 4 aromatic carbocycles. The minimum Gasteiger partial charge on any atom is -0.394 e. The van der Waals surface area contributed by atoms with Crippen molar-refractivity contribution in [2.75, 3.05) is 27.4 Å². The third-order valence-electron chi connectivity index (χ3n) is 6.90. The SMILES string of the molecule is O=C1Nc2cc(N(Cl)[C@@H](CO)c3ccccc3)c(N(Cl)[C@@H](CO)c3ccccc3)cc2C1c1ccc(Cl)cc1. The number of halogens is 3. The van der Waals surface area contributed by atoms with E-state index in [1.165, 1.54) is 8.84 Å². The van der Waals surface area contributed by atoms with Crippen molar-refractivity contribution in [1.29, 1.82) is 0 Å². The van der Waals surface area contributed by atoms with Crippen molar-refractivity contribution in [2.24, 2.45) is 0 Å². The Morgan fingerprint density at radius 1 is 0.744 bits per heavy atom. The summed E-state index contributed by atoms with van der Waals surface area (Å²) >= 11 is 20.1. The third-order valence-corrected chi connectivity index (χ3v) is 7.99. The van der Waals surface area contributed by atoms with E-state index >= 15 is 0 Å². The third kappa shape index (κ3) is 5.44. The highest BCUT2D eigenvalue weighted by molar-refractivity contribution is 6.31. The minimum absolute atomic E-state index is 0.193. The molecule has 0 spiro atoms. The molecule has 9 heteroatoms. The highest BCUT2D eigenvalue weighted by atomic mass is 35.5. The smallest absolute Gasteiger partial charge is 0.236 e. The van der Waals surface area contributed by atoms with Gasteiger partial charge in [0.05, 0.1) is 42.6 Å². The predicted molar refractivity (Wildman–Crippen MR) is 158 cm³/mol. The van der Waals surface area contributed by atoms with Crippen LogP contribution in [0.5, 0.6) is 0 Å². The molecular formula is C30H26Cl3N3O3. The molecule has 1 amide bonds. The first-order chi connectivity index (χ1) is 18.9. The molecule has 39 heavy (non-hydrogen) atoms. The number of fused-ring (bicyclic) bond motifs is 1. The molecule has 0 saturated carbocycles. The van der Waals surface area contributed by atoms with Gasteiger partial charge in [-0.25, -0.2) is 0 Å². The summed E-state index contributed by atoms with van der Waals surface area (Å²) in [6.45, 7) is -0.541. The van der Waals surface area contributed by atoms with E-state index in [2.05, 4.69) is 5.32 Å². The molecule has 0 radical (unpaired) electrons. The standard InChI is InChI=1S/C30H26Cl3N3O3/c31-22-13-11-21(12-14-22)29-23-15-25(35(32)27(17-37)19-7-3-1-4-8-19)26(16-24(23)34-30(29)39)36(33)28(18-38)20-9-5-2-6-10-20/h1-16,27-29,37-38H,17-18H2,(H,34,39)/t27-,28-,29?/m0/s1. The average molecular weight is 583 g/mol. The fourth-order valence-electron chi connectivity index (χ4n) is 4.92. The zero-order valence-electron chi connectivity index (χ0n) is 20.7. The van der Waals surface area contributed by atoms with E-state index in [0.29, 0.717) is 27.6 Å². The van der Waals surface area contributed by atoms with Gasteiger partial charge in [-0.1, -0.05) is 84.4 Å². The number of hydrogen-bond donors (Lipinski definition) is 3. The lowest BCUT2D eigenvalue weighted by molar-refractivity contribution is -0.116. The van der Waals surface area contributed by atoms with Gasteiger partial charge in [-0.3, -0.25) is 13.6 Å². The van der Waals surface area contributed by atoms with E-state index < -0.39 is 18.0 Å². The second-order valence-electron chi connectivity index (χ2n) is 9.24. The zero-order chi connectivity index (χ0) is 27.5. The maximum absolute atomic E-state index is 13.2. The van der Waals surface area contributed by atoms with E-state index in [9.17, 15) is 15.0 Å². The number of aliphatic hydroxyl groups excluding tert-OH is 2. The van der Waals surface area contributed by atoms with Crippen LogP contribution in [0.2, 0.25) is 5.02 Å². The Hall–Kier alpha value is -3.26. The number of amides is 1. The Morgan fingerprint density at radius 2 is 1.23 bits per heavy atom. The van der Waals surface area contributed by atoms with Gasteiger partial charge in [-0.15, -0.1) is 0 Å². The fraction of sp³-hybridized carbons (Fsp3) is 0.167. The average Bonchev–Trinajstić information content (AvgIpc) is 3.29. The van der Waals surface area contributed by atoms with Crippen molar-refractivity contribution in [2.45, 2.75) is 18.0 Å². The van der Waals surface area contributed by atoms with Gasteiger partial charge in [0.1, 0.15) is 0 Å². The number of anilines is 3. The molecule has 6 nitrogen and oxygen atoms in total. The first-order valence-electron chi connectivity index (χ1n) is 12.4. The van der Waals surface area contributed by atoms with Crippen LogP contribution in [-0.4, -0.2) is 29.3 Å². The Balaban J connectivity index is 1.65. The minimum atomic E-state index is -0.613. The second kappa shape index (κ2) is 11.9. The van der Waals surface area contributed by atoms with Crippen LogP contribution in [0.15, 0.2) is 97.1 Å².